The minimum atomic E-state index is 0.0359. The van der Waals surface area contributed by atoms with Crippen LogP contribution in [0.3, 0.4) is 0 Å². The smallest absolute Gasteiger partial charge is 0.131 e. The molecule has 0 heterocycles. The van der Waals surface area contributed by atoms with Crippen molar-refractivity contribution in [3.63, 3.8) is 0 Å². The van der Waals surface area contributed by atoms with Gasteiger partial charge in [0.2, 0.25) is 0 Å². The zero-order valence-corrected chi connectivity index (χ0v) is 22.8. The van der Waals surface area contributed by atoms with E-state index in [9.17, 15) is 10.2 Å². The number of benzene rings is 2. The Morgan fingerprint density at radius 3 is 1.58 bits per heavy atom. The molecule has 8 bridgehead atoms. The molecule has 0 atom stereocenters. The van der Waals surface area contributed by atoms with Crippen molar-refractivity contribution >= 4 is 10.8 Å². The van der Waals surface area contributed by atoms with Gasteiger partial charge in [0.15, 0.2) is 0 Å². The molecule has 204 valence electrons. The maximum absolute atomic E-state index is 9.81. The molecular formula is C34H44O4. The van der Waals surface area contributed by atoms with Crippen LogP contribution in [0.4, 0.5) is 0 Å². The van der Waals surface area contributed by atoms with Gasteiger partial charge in [-0.1, -0.05) is 12.1 Å². The van der Waals surface area contributed by atoms with E-state index in [-0.39, 0.29) is 24.0 Å². The SMILES string of the molecule is OCCOc1ccc2c(OCCO)c(C34CC5CC(CC(C5)C3)C4)ccc2c1C12CC3CC(CC(C3)C1)C2. The highest BCUT2D eigenvalue weighted by molar-refractivity contribution is 5.95. The number of hydrogen-bond acceptors (Lipinski definition) is 4. The van der Waals surface area contributed by atoms with E-state index in [1.54, 1.807) is 0 Å². The van der Waals surface area contributed by atoms with Crippen LogP contribution in [-0.2, 0) is 10.8 Å². The minimum Gasteiger partial charge on any atom is -0.491 e. The zero-order chi connectivity index (χ0) is 25.5. The lowest BCUT2D eigenvalue weighted by Gasteiger charge is -2.58. The average Bonchev–Trinajstić information content (AvgIpc) is 2.88. The molecule has 0 radical (unpaired) electrons. The Bertz CT molecular complexity index is 1160. The summed E-state index contributed by atoms with van der Waals surface area (Å²) in [7, 11) is 0. The monoisotopic (exact) mass is 516 g/mol. The Balaban J connectivity index is 1.31. The van der Waals surface area contributed by atoms with Crippen LogP contribution < -0.4 is 9.47 Å². The van der Waals surface area contributed by atoms with E-state index >= 15 is 0 Å². The Kier molecular flexibility index (Phi) is 5.61. The van der Waals surface area contributed by atoms with Crippen LogP contribution in [0.25, 0.3) is 10.8 Å². The zero-order valence-electron chi connectivity index (χ0n) is 22.8. The van der Waals surface area contributed by atoms with Crippen molar-refractivity contribution < 1.29 is 19.7 Å². The summed E-state index contributed by atoms with van der Waals surface area (Å²) in [5, 5.41) is 21.9. The summed E-state index contributed by atoms with van der Waals surface area (Å²) in [4.78, 5) is 0. The Morgan fingerprint density at radius 1 is 0.579 bits per heavy atom. The molecule has 2 N–H and O–H groups in total. The molecule has 0 aliphatic heterocycles. The summed E-state index contributed by atoms with van der Waals surface area (Å²) < 4.78 is 12.9. The number of aliphatic hydroxyl groups is 2. The first-order valence-corrected chi connectivity index (χ1v) is 15.7. The molecular weight excluding hydrogens is 472 g/mol. The van der Waals surface area contributed by atoms with Crippen molar-refractivity contribution in [2.45, 2.75) is 87.9 Å². The van der Waals surface area contributed by atoms with Gasteiger partial charge in [0.05, 0.1) is 13.2 Å². The molecule has 2 aromatic carbocycles. The topological polar surface area (TPSA) is 58.9 Å². The van der Waals surface area contributed by atoms with Gasteiger partial charge in [0.1, 0.15) is 24.7 Å². The van der Waals surface area contributed by atoms with Crippen LogP contribution in [-0.4, -0.2) is 36.6 Å². The normalized spacial score (nSPS) is 40.3. The minimum absolute atomic E-state index is 0.0359. The molecule has 0 amide bonds. The molecule has 0 aromatic heterocycles. The van der Waals surface area contributed by atoms with Gasteiger partial charge in [-0.15, -0.1) is 0 Å². The van der Waals surface area contributed by atoms with Crippen molar-refractivity contribution in [2.24, 2.45) is 35.5 Å². The molecule has 8 aliphatic carbocycles. The van der Waals surface area contributed by atoms with E-state index in [1.165, 1.54) is 98.9 Å². The van der Waals surface area contributed by atoms with Crippen molar-refractivity contribution in [1.29, 1.82) is 0 Å². The van der Waals surface area contributed by atoms with E-state index in [0.29, 0.717) is 13.2 Å². The van der Waals surface area contributed by atoms with E-state index in [4.69, 9.17) is 9.47 Å². The third-order valence-corrected chi connectivity index (χ3v) is 12.0. The molecule has 0 spiro atoms. The van der Waals surface area contributed by atoms with Gasteiger partial charge < -0.3 is 19.7 Å². The molecule has 2 aromatic rings. The largest absolute Gasteiger partial charge is 0.491 e. The van der Waals surface area contributed by atoms with Crippen LogP contribution in [0.2, 0.25) is 0 Å². The Labute approximate surface area is 227 Å². The number of fused-ring (bicyclic) bond motifs is 1. The first kappa shape index (κ1) is 24.1. The molecule has 38 heavy (non-hydrogen) atoms. The third-order valence-electron chi connectivity index (χ3n) is 12.0. The van der Waals surface area contributed by atoms with E-state index in [2.05, 4.69) is 24.3 Å². The van der Waals surface area contributed by atoms with Crippen molar-refractivity contribution in [2.75, 3.05) is 26.4 Å². The fourth-order valence-electron chi connectivity index (χ4n) is 11.8. The Morgan fingerprint density at radius 2 is 1.05 bits per heavy atom. The standard InChI is InChI=1S/C34H44O4/c35-5-7-37-30-4-2-28-27(31(30)34-18-24-12-25(19-34)14-26(13-24)20-34)1-3-29(32(28)38-8-6-36)33-15-21-9-22(16-33)11-23(10-21)17-33/h1-4,21-26,35-36H,5-20H2. The highest BCUT2D eigenvalue weighted by Gasteiger charge is 2.54. The Hall–Kier alpha value is -1.78. The van der Waals surface area contributed by atoms with Crippen LogP contribution in [0.5, 0.6) is 11.5 Å². The van der Waals surface area contributed by atoms with E-state index < -0.39 is 0 Å². The van der Waals surface area contributed by atoms with Gasteiger partial charge in [0.25, 0.3) is 0 Å². The van der Waals surface area contributed by atoms with Gasteiger partial charge >= 0.3 is 0 Å². The van der Waals surface area contributed by atoms with Crippen LogP contribution in [0, 0.1) is 35.5 Å². The highest BCUT2D eigenvalue weighted by Crippen LogP contribution is 2.65. The van der Waals surface area contributed by atoms with Crippen LogP contribution >= 0.6 is 0 Å². The predicted octanol–water partition coefficient (Wildman–Crippen LogP) is 6.52. The maximum atomic E-state index is 9.81. The van der Waals surface area contributed by atoms with Gasteiger partial charge in [-0.25, -0.2) is 0 Å². The van der Waals surface area contributed by atoms with Crippen molar-refractivity contribution in [1.82, 2.24) is 0 Å². The quantitative estimate of drug-likeness (QED) is 0.420. The molecule has 4 nitrogen and oxygen atoms in total. The van der Waals surface area contributed by atoms with Crippen LogP contribution in [0.15, 0.2) is 24.3 Å². The molecule has 0 saturated heterocycles. The maximum Gasteiger partial charge on any atom is 0.131 e. The molecule has 10 rings (SSSR count). The second-order valence-corrected chi connectivity index (χ2v) is 14.5. The molecule has 0 unspecified atom stereocenters. The summed E-state index contributed by atoms with van der Waals surface area (Å²) in [5.74, 6) is 7.18. The lowest BCUT2D eigenvalue weighted by molar-refractivity contribution is -0.00650. The van der Waals surface area contributed by atoms with E-state index in [1.807, 2.05) is 0 Å². The molecule has 8 saturated carbocycles. The second-order valence-electron chi connectivity index (χ2n) is 14.5. The fourth-order valence-corrected chi connectivity index (χ4v) is 11.8. The predicted molar refractivity (Wildman–Crippen MR) is 149 cm³/mol. The summed E-state index contributed by atoms with van der Waals surface area (Å²) in [6.45, 7) is 0.752. The van der Waals surface area contributed by atoms with Gasteiger partial charge in [-0.3, -0.25) is 0 Å². The first-order chi connectivity index (χ1) is 18.6. The summed E-state index contributed by atoms with van der Waals surface area (Å²) >= 11 is 0. The molecule has 4 heteroatoms. The van der Waals surface area contributed by atoms with Crippen molar-refractivity contribution in [3.05, 3.63) is 35.4 Å². The highest BCUT2D eigenvalue weighted by atomic mass is 16.5. The van der Waals surface area contributed by atoms with Crippen molar-refractivity contribution in [3.8, 4) is 11.5 Å². The number of aliphatic hydroxyl groups excluding tert-OH is 2. The molecule has 8 fully saturated rings. The van der Waals surface area contributed by atoms with E-state index in [0.717, 1.165) is 47.0 Å². The lowest BCUT2D eigenvalue weighted by Crippen LogP contribution is -2.49. The second kappa shape index (κ2) is 8.86. The number of ether oxygens (including phenoxy) is 2. The number of hydrogen-bond donors (Lipinski definition) is 2. The molecule has 8 aliphatic rings. The summed E-state index contributed by atoms with van der Waals surface area (Å²) in [5.41, 5.74) is 3.22. The summed E-state index contributed by atoms with van der Waals surface area (Å²) in [6, 6.07) is 9.26. The average molecular weight is 517 g/mol. The van der Waals surface area contributed by atoms with Gasteiger partial charge in [-0.2, -0.15) is 0 Å². The summed E-state index contributed by atoms with van der Waals surface area (Å²) in [6.07, 6.45) is 16.3. The lowest BCUT2D eigenvalue weighted by atomic mass is 9.47. The third kappa shape index (κ3) is 3.61. The first-order valence-electron chi connectivity index (χ1n) is 15.7. The van der Waals surface area contributed by atoms with Crippen LogP contribution in [0.1, 0.15) is 88.2 Å². The van der Waals surface area contributed by atoms with Gasteiger partial charge in [0, 0.05) is 21.9 Å². The fraction of sp³-hybridized carbons (Fsp3) is 0.706. The van der Waals surface area contributed by atoms with Gasteiger partial charge in [-0.05, 0) is 135 Å². The number of rotatable bonds is 8.